The molecule has 0 saturated carbocycles. The number of nitro groups is 1. The van der Waals surface area contributed by atoms with Gasteiger partial charge in [0.05, 0.1) is 17.6 Å². The molecule has 0 bridgehead atoms. The van der Waals surface area contributed by atoms with Crippen LogP contribution in [0.1, 0.15) is 15.9 Å². The second-order valence-electron chi connectivity index (χ2n) is 3.10. The van der Waals surface area contributed by atoms with Crippen LogP contribution in [0.3, 0.4) is 0 Å². The van der Waals surface area contributed by atoms with Gasteiger partial charge in [-0.15, -0.1) is 0 Å². The number of benzene rings is 1. The molecule has 5 nitrogen and oxygen atoms in total. The van der Waals surface area contributed by atoms with Crippen molar-refractivity contribution in [1.82, 2.24) is 0 Å². The number of ether oxygens (including phenoxy) is 1. The van der Waals surface area contributed by atoms with Gasteiger partial charge < -0.3 is 4.74 Å². The molecule has 0 fully saturated rings. The maximum absolute atomic E-state index is 12.6. The highest BCUT2D eigenvalue weighted by molar-refractivity contribution is 9.10. The SMILES string of the molecule is COC(=O)c1cc(C(F)(F)F)c(Br)cc1[N+](=O)[O-]. The van der Waals surface area contributed by atoms with Crippen LogP contribution in [0, 0.1) is 10.1 Å². The quantitative estimate of drug-likeness (QED) is 0.475. The summed E-state index contributed by atoms with van der Waals surface area (Å²) in [6, 6.07) is 1.00. The first-order valence-corrected chi connectivity index (χ1v) is 5.11. The predicted molar refractivity (Wildman–Crippen MR) is 57.1 cm³/mol. The summed E-state index contributed by atoms with van der Waals surface area (Å²) >= 11 is 2.58. The summed E-state index contributed by atoms with van der Waals surface area (Å²) in [5, 5.41) is 10.7. The number of carbonyl (C=O) groups is 1. The van der Waals surface area contributed by atoms with Gasteiger partial charge in [-0.1, -0.05) is 0 Å². The van der Waals surface area contributed by atoms with E-state index in [1.54, 1.807) is 0 Å². The predicted octanol–water partition coefficient (Wildman–Crippen LogP) is 3.16. The molecular weight excluding hydrogens is 323 g/mol. The van der Waals surface area contributed by atoms with Crippen LogP contribution in [0.25, 0.3) is 0 Å². The first-order valence-electron chi connectivity index (χ1n) is 4.32. The molecule has 0 saturated heterocycles. The molecule has 1 aromatic rings. The van der Waals surface area contributed by atoms with E-state index in [1.165, 1.54) is 0 Å². The Morgan fingerprint density at radius 2 is 2.00 bits per heavy atom. The van der Waals surface area contributed by atoms with Gasteiger partial charge in [0.1, 0.15) is 5.56 Å². The van der Waals surface area contributed by atoms with Gasteiger partial charge in [-0.25, -0.2) is 4.79 Å². The lowest BCUT2D eigenvalue weighted by molar-refractivity contribution is -0.385. The molecule has 0 aliphatic rings. The first kappa shape index (κ1) is 14.4. The summed E-state index contributed by atoms with van der Waals surface area (Å²) in [7, 11) is 0.918. The molecule has 0 unspecified atom stereocenters. The molecule has 98 valence electrons. The number of hydrogen-bond acceptors (Lipinski definition) is 4. The molecule has 0 atom stereocenters. The Hall–Kier alpha value is -1.64. The molecule has 0 heterocycles. The zero-order valence-electron chi connectivity index (χ0n) is 8.75. The summed E-state index contributed by atoms with van der Waals surface area (Å²) < 4.78 is 41.4. The molecule has 18 heavy (non-hydrogen) atoms. The Kier molecular flexibility index (Phi) is 3.95. The van der Waals surface area contributed by atoms with Crippen molar-refractivity contribution < 1.29 is 27.6 Å². The second kappa shape index (κ2) is 4.92. The van der Waals surface area contributed by atoms with E-state index >= 15 is 0 Å². The molecule has 1 aromatic carbocycles. The van der Waals surface area contributed by atoms with Crippen molar-refractivity contribution in [2.45, 2.75) is 6.18 Å². The van der Waals surface area contributed by atoms with Crippen LogP contribution < -0.4 is 0 Å². The lowest BCUT2D eigenvalue weighted by atomic mass is 10.1. The van der Waals surface area contributed by atoms with Gasteiger partial charge >= 0.3 is 12.1 Å². The Bertz CT molecular complexity index is 515. The van der Waals surface area contributed by atoms with Crippen LogP contribution in [-0.2, 0) is 10.9 Å². The highest BCUT2D eigenvalue weighted by Crippen LogP contribution is 2.38. The lowest BCUT2D eigenvalue weighted by Crippen LogP contribution is -2.12. The minimum atomic E-state index is -4.74. The van der Waals surface area contributed by atoms with Crippen molar-refractivity contribution in [2.24, 2.45) is 0 Å². The van der Waals surface area contributed by atoms with Gasteiger partial charge in [0.2, 0.25) is 0 Å². The van der Waals surface area contributed by atoms with Crippen LogP contribution in [-0.4, -0.2) is 18.0 Å². The van der Waals surface area contributed by atoms with Crippen molar-refractivity contribution in [1.29, 1.82) is 0 Å². The molecule has 0 amide bonds. The van der Waals surface area contributed by atoms with Crippen LogP contribution in [0.5, 0.6) is 0 Å². The minimum Gasteiger partial charge on any atom is -0.465 e. The van der Waals surface area contributed by atoms with E-state index < -0.39 is 38.4 Å². The third kappa shape index (κ3) is 2.78. The molecule has 0 radical (unpaired) electrons. The summed E-state index contributed by atoms with van der Waals surface area (Å²) in [5.74, 6) is -1.21. The minimum absolute atomic E-state index is 0.383. The maximum atomic E-state index is 12.6. The second-order valence-corrected chi connectivity index (χ2v) is 3.95. The number of hydrogen-bond donors (Lipinski definition) is 0. The lowest BCUT2D eigenvalue weighted by Gasteiger charge is -2.10. The molecule has 0 spiro atoms. The monoisotopic (exact) mass is 327 g/mol. The summed E-state index contributed by atoms with van der Waals surface area (Å²) in [4.78, 5) is 20.9. The van der Waals surface area contributed by atoms with Crippen molar-refractivity contribution in [3.63, 3.8) is 0 Å². The summed E-state index contributed by atoms with van der Waals surface area (Å²) in [6.07, 6.45) is -4.74. The van der Waals surface area contributed by atoms with Crippen molar-refractivity contribution in [3.8, 4) is 0 Å². The molecule has 1 rings (SSSR count). The van der Waals surface area contributed by atoms with Crippen LogP contribution in [0.2, 0.25) is 0 Å². The highest BCUT2D eigenvalue weighted by atomic mass is 79.9. The number of nitrogens with zero attached hydrogens (tertiary/aromatic N) is 1. The van der Waals surface area contributed by atoms with Gasteiger partial charge in [-0.3, -0.25) is 10.1 Å². The van der Waals surface area contributed by atoms with Crippen LogP contribution >= 0.6 is 15.9 Å². The zero-order valence-corrected chi connectivity index (χ0v) is 10.3. The number of esters is 1. The number of carbonyl (C=O) groups excluding carboxylic acids is 1. The first-order chi connectivity index (χ1) is 8.18. The average Bonchev–Trinajstić information content (AvgIpc) is 2.25. The molecule has 0 aliphatic carbocycles. The third-order valence-electron chi connectivity index (χ3n) is 1.99. The zero-order chi connectivity index (χ0) is 14.1. The van der Waals surface area contributed by atoms with Crippen molar-refractivity contribution in [2.75, 3.05) is 7.11 Å². The molecule has 0 aromatic heterocycles. The van der Waals surface area contributed by atoms with Crippen LogP contribution in [0.15, 0.2) is 16.6 Å². The Balaban J connectivity index is 3.56. The number of methoxy groups -OCH3 is 1. The fraction of sp³-hybridized carbons (Fsp3) is 0.222. The van der Waals surface area contributed by atoms with E-state index in [-0.39, 0.29) is 0 Å². The summed E-state index contributed by atoms with van der Waals surface area (Å²) in [6.45, 7) is 0. The van der Waals surface area contributed by atoms with E-state index in [0.29, 0.717) is 12.1 Å². The molecule has 9 heteroatoms. The van der Waals surface area contributed by atoms with Gasteiger partial charge in [0, 0.05) is 10.5 Å². The van der Waals surface area contributed by atoms with E-state index in [4.69, 9.17) is 0 Å². The van der Waals surface area contributed by atoms with Crippen LogP contribution in [0.4, 0.5) is 18.9 Å². The van der Waals surface area contributed by atoms with Gasteiger partial charge in [-0.05, 0) is 22.0 Å². The topological polar surface area (TPSA) is 69.4 Å². The van der Waals surface area contributed by atoms with Crippen molar-refractivity contribution >= 4 is 27.6 Å². The Labute approximate surface area is 107 Å². The van der Waals surface area contributed by atoms with Gasteiger partial charge in [0.15, 0.2) is 0 Å². The third-order valence-corrected chi connectivity index (χ3v) is 2.65. The van der Waals surface area contributed by atoms with E-state index in [0.717, 1.165) is 7.11 Å². The highest BCUT2D eigenvalue weighted by Gasteiger charge is 2.36. The number of halogens is 4. The normalized spacial score (nSPS) is 11.2. The van der Waals surface area contributed by atoms with Gasteiger partial charge in [-0.2, -0.15) is 13.2 Å². The summed E-state index contributed by atoms with van der Waals surface area (Å²) in [5.41, 5.74) is -2.70. The van der Waals surface area contributed by atoms with E-state index in [1.807, 2.05) is 0 Å². The number of alkyl halides is 3. The molecule has 0 N–H and O–H groups in total. The Morgan fingerprint density at radius 1 is 1.44 bits per heavy atom. The largest absolute Gasteiger partial charge is 0.465 e. The average molecular weight is 328 g/mol. The standard InChI is InChI=1S/C9H5BrF3NO4/c1-18-8(15)4-2-5(9(11,12)13)6(10)3-7(4)14(16)17/h2-3H,1H3. The fourth-order valence-electron chi connectivity index (χ4n) is 1.20. The fourth-order valence-corrected chi connectivity index (χ4v) is 1.76. The van der Waals surface area contributed by atoms with Gasteiger partial charge in [0.25, 0.3) is 5.69 Å². The van der Waals surface area contributed by atoms with Crippen molar-refractivity contribution in [3.05, 3.63) is 37.8 Å². The molecule has 0 aliphatic heterocycles. The maximum Gasteiger partial charge on any atom is 0.417 e. The van der Waals surface area contributed by atoms with E-state index in [9.17, 15) is 28.1 Å². The number of nitro benzene ring substituents is 1. The van der Waals surface area contributed by atoms with E-state index in [2.05, 4.69) is 20.7 Å². The molecular formula is C9H5BrF3NO4. The number of rotatable bonds is 2. The Morgan fingerprint density at radius 3 is 2.39 bits per heavy atom. The smallest absolute Gasteiger partial charge is 0.417 e.